The first-order valence-corrected chi connectivity index (χ1v) is 3.30. The average Bonchev–Trinajstić information content (AvgIpc) is 1.88. The van der Waals surface area contributed by atoms with Gasteiger partial charge in [0.05, 0.1) is 6.61 Å². The molecule has 0 saturated heterocycles. The summed E-state index contributed by atoms with van der Waals surface area (Å²) in [4.78, 5) is 10.6. The molecule has 0 aliphatic heterocycles. The molecule has 4 heteroatoms. The molecule has 4 nitrogen and oxygen atoms in total. The zero-order chi connectivity index (χ0) is 7.98. The molecule has 0 rings (SSSR count). The molecule has 0 fully saturated rings. The summed E-state index contributed by atoms with van der Waals surface area (Å²) in [5, 5.41) is 0. The second kappa shape index (κ2) is 5.20. The van der Waals surface area contributed by atoms with Crippen molar-refractivity contribution >= 4 is 5.97 Å². The lowest BCUT2D eigenvalue weighted by Gasteiger charge is -2.04. The highest BCUT2D eigenvalue weighted by Gasteiger charge is 2.06. The lowest BCUT2D eigenvalue weighted by atomic mass is 10.4. The Kier molecular flexibility index (Phi) is 4.88. The van der Waals surface area contributed by atoms with Crippen LogP contribution >= 0.6 is 0 Å². The summed E-state index contributed by atoms with van der Waals surface area (Å²) in [7, 11) is 0. The van der Waals surface area contributed by atoms with Crippen LogP contribution in [-0.2, 0) is 9.53 Å². The molecule has 0 bridgehead atoms. The number of carbonyl (C=O) groups is 1. The molecule has 0 unspecified atom stereocenters. The zero-order valence-electron chi connectivity index (χ0n) is 6.17. The van der Waals surface area contributed by atoms with Crippen LogP contribution in [0.5, 0.6) is 0 Å². The lowest BCUT2D eigenvalue weighted by Crippen LogP contribution is -2.29. The highest BCUT2D eigenvalue weighted by Crippen LogP contribution is 1.85. The smallest absolute Gasteiger partial charge is 0.322 e. The van der Waals surface area contributed by atoms with Crippen LogP contribution in [0.3, 0.4) is 0 Å². The minimum atomic E-state index is -0.530. The molecule has 0 aliphatic carbocycles. The molecule has 4 N–H and O–H groups in total. The molecule has 10 heavy (non-hydrogen) atoms. The van der Waals surface area contributed by atoms with Crippen LogP contribution in [-0.4, -0.2) is 25.2 Å². The second-order valence-corrected chi connectivity index (χ2v) is 2.10. The van der Waals surface area contributed by atoms with Crippen LogP contribution in [0.25, 0.3) is 0 Å². The number of carbonyl (C=O) groups excluding carboxylic acids is 1. The summed E-state index contributed by atoms with van der Waals surface area (Å²) >= 11 is 0. The minimum absolute atomic E-state index is 0.367. The maximum absolute atomic E-state index is 10.6. The van der Waals surface area contributed by atoms with Crippen molar-refractivity contribution in [2.75, 3.05) is 13.2 Å². The van der Waals surface area contributed by atoms with Gasteiger partial charge in [-0.3, -0.25) is 4.79 Å². The standard InChI is InChI=1S/C6H14N2O2/c1-5(8)6(9)10-4-2-3-7/h5H,2-4,7-8H2,1H3/t5-/m0/s1. The van der Waals surface area contributed by atoms with E-state index in [1.165, 1.54) is 0 Å². The van der Waals surface area contributed by atoms with Gasteiger partial charge in [-0.15, -0.1) is 0 Å². The van der Waals surface area contributed by atoms with Crippen molar-refractivity contribution in [2.45, 2.75) is 19.4 Å². The third-order valence-corrected chi connectivity index (χ3v) is 0.965. The van der Waals surface area contributed by atoms with Crippen LogP contribution in [0.2, 0.25) is 0 Å². The highest BCUT2D eigenvalue weighted by atomic mass is 16.5. The van der Waals surface area contributed by atoms with Gasteiger partial charge in [-0.05, 0) is 19.9 Å². The molecule has 0 aromatic rings. The summed E-state index contributed by atoms with van der Waals surface area (Å²) in [6.07, 6.45) is 0.693. The summed E-state index contributed by atoms with van der Waals surface area (Å²) in [6, 6.07) is -0.530. The van der Waals surface area contributed by atoms with Gasteiger partial charge in [0, 0.05) is 0 Å². The van der Waals surface area contributed by atoms with Gasteiger partial charge >= 0.3 is 5.97 Å². The number of nitrogens with two attached hydrogens (primary N) is 2. The minimum Gasteiger partial charge on any atom is -0.464 e. The van der Waals surface area contributed by atoms with Crippen molar-refractivity contribution in [3.8, 4) is 0 Å². The van der Waals surface area contributed by atoms with Crippen molar-refractivity contribution < 1.29 is 9.53 Å². The van der Waals surface area contributed by atoms with Crippen LogP contribution in [0.1, 0.15) is 13.3 Å². The van der Waals surface area contributed by atoms with Crippen LogP contribution in [0.4, 0.5) is 0 Å². The summed E-state index contributed by atoms with van der Waals surface area (Å²) in [5.74, 6) is -0.367. The number of esters is 1. The van der Waals surface area contributed by atoms with Gasteiger partial charge in [-0.1, -0.05) is 0 Å². The van der Waals surface area contributed by atoms with E-state index < -0.39 is 6.04 Å². The van der Waals surface area contributed by atoms with Gasteiger partial charge in [0.1, 0.15) is 6.04 Å². The molecule has 0 heterocycles. The molecule has 0 radical (unpaired) electrons. The number of rotatable bonds is 4. The first-order chi connectivity index (χ1) is 4.68. The number of hydrogen-bond donors (Lipinski definition) is 2. The van der Waals surface area contributed by atoms with Crippen molar-refractivity contribution in [2.24, 2.45) is 11.5 Å². The van der Waals surface area contributed by atoms with Crippen molar-refractivity contribution in [1.82, 2.24) is 0 Å². The van der Waals surface area contributed by atoms with Crippen LogP contribution in [0, 0.1) is 0 Å². The van der Waals surface area contributed by atoms with E-state index >= 15 is 0 Å². The molecule has 0 amide bonds. The Labute approximate surface area is 60.5 Å². The van der Waals surface area contributed by atoms with Crippen LogP contribution < -0.4 is 11.5 Å². The summed E-state index contributed by atoms with van der Waals surface area (Å²) < 4.78 is 4.70. The van der Waals surface area contributed by atoms with Gasteiger partial charge in [0.2, 0.25) is 0 Å². The Morgan fingerprint density at radius 2 is 2.30 bits per heavy atom. The first kappa shape index (κ1) is 9.39. The van der Waals surface area contributed by atoms with E-state index in [-0.39, 0.29) is 5.97 Å². The number of hydrogen-bond acceptors (Lipinski definition) is 4. The maximum Gasteiger partial charge on any atom is 0.322 e. The molecule has 0 aromatic heterocycles. The fourth-order valence-electron chi connectivity index (χ4n) is 0.388. The van der Waals surface area contributed by atoms with Gasteiger partial charge in [-0.25, -0.2) is 0 Å². The van der Waals surface area contributed by atoms with E-state index in [2.05, 4.69) is 0 Å². The monoisotopic (exact) mass is 146 g/mol. The van der Waals surface area contributed by atoms with Crippen molar-refractivity contribution in [1.29, 1.82) is 0 Å². The summed E-state index contributed by atoms with van der Waals surface area (Å²) in [6.45, 7) is 2.49. The van der Waals surface area contributed by atoms with Crippen molar-refractivity contribution in [3.63, 3.8) is 0 Å². The molecule has 0 saturated carbocycles. The Morgan fingerprint density at radius 1 is 1.70 bits per heavy atom. The predicted molar refractivity (Wildman–Crippen MR) is 38.3 cm³/mol. The number of ether oxygens (including phenoxy) is 1. The van der Waals surface area contributed by atoms with E-state index in [0.29, 0.717) is 19.6 Å². The molecule has 60 valence electrons. The maximum atomic E-state index is 10.6. The lowest BCUT2D eigenvalue weighted by molar-refractivity contribution is -0.144. The highest BCUT2D eigenvalue weighted by molar-refractivity contribution is 5.74. The quantitative estimate of drug-likeness (QED) is 0.403. The Bertz CT molecular complexity index is 104. The van der Waals surface area contributed by atoms with Crippen LogP contribution in [0.15, 0.2) is 0 Å². The average molecular weight is 146 g/mol. The molecular formula is C6H14N2O2. The van der Waals surface area contributed by atoms with Gasteiger partial charge in [0.15, 0.2) is 0 Å². The Balaban J connectivity index is 3.22. The topological polar surface area (TPSA) is 78.3 Å². The van der Waals surface area contributed by atoms with E-state index in [1.54, 1.807) is 6.92 Å². The largest absolute Gasteiger partial charge is 0.464 e. The Morgan fingerprint density at radius 3 is 2.70 bits per heavy atom. The van der Waals surface area contributed by atoms with Crippen molar-refractivity contribution in [3.05, 3.63) is 0 Å². The predicted octanol–water partition coefficient (Wildman–Crippen LogP) is -0.774. The van der Waals surface area contributed by atoms with E-state index in [9.17, 15) is 4.79 Å². The summed E-state index contributed by atoms with van der Waals surface area (Å²) in [5.41, 5.74) is 10.4. The molecule has 0 spiro atoms. The Hall–Kier alpha value is -0.610. The van der Waals surface area contributed by atoms with Gasteiger partial charge in [-0.2, -0.15) is 0 Å². The molecule has 0 aliphatic rings. The third-order valence-electron chi connectivity index (χ3n) is 0.965. The SMILES string of the molecule is C[C@H](N)C(=O)OCCCN. The normalized spacial score (nSPS) is 12.7. The fraction of sp³-hybridized carbons (Fsp3) is 0.833. The molecule has 1 atom stereocenters. The zero-order valence-corrected chi connectivity index (χ0v) is 6.17. The van der Waals surface area contributed by atoms with E-state index in [0.717, 1.165) is 0 Å². The molecule has 0 aromatic carbocycles. The van der Waals surface area contributed by atoms with Gasteiger partial charge < -0.3 is 16.2 Å². The third kappa shape index (κ3) is 4.29. The van der Waals surface area contributed by atoms with Gasteiger partial charge in [0.25, 0.3) is 0 Å². The second-order valence-electron chi connectivity index (χ2n) is 2.10. The molecular weight excluding hydrogens is 132 g/mol. The van der Waals surface area contributed by atoms with E-state index in [4.69, 9.17) is 16.2 Å². The fourth-order valence-corrected chi connectivity index (χ4v) is 0.388. The first-order valence-electron chi connectivity index (χ1n) is 3.30. The van der Waals surface area contributed by atoms with E-state index in [1.807, 2.05) is 0 Å².